The molecule has 1 heterocycles. The van der Waals surface area contributed by atoms with E-state index in [-0.39, 0.29) is 34.8 Å². The molecule has 124 valence electrons. The molecule has 1 fully saturated rings. The Morgan fingerprint density at radius 3 is 2.30 bits per heavy atom. The van der Waals surface area contributed by atoms with Crippen LogP contribution in [0.3, 0.4) is 0 Å². The molecule has 2 atom stereocenters. The Morgan fingerprint density at radius 1 is 1.17 bits per heavy atom. The fourth-order valence-electron chi connectivity index (χ4n) is 2.54. The van der Waals surface area contributed by atoms with Crippen LogP contribution in [0.2, 0.25) is 0 Å². The molecule has 5 nitrogen and oxygen atoms in total. The minimum absolute atomic E-state index is 0.223. The van der Waals surface area contributed by atoms with E-state index in [1.807, 2.05) is 39.0 Å². The van der Waals surface area contributed by atoms with Crippen molar-refractivity contribution in [3.63, 3.8) is 0 Å². The van der Waals surface area contributed by atoms with Gasteiger partial charge < -0.3 is 5.32 Å². The third-order valence-electron chi connectivity index (χ3n) is 3.76. The second-order valence-corrected chi connectivity index (χ2v) is 7.02. The van der Waals surface area contributed by atoms with E-state index < -0.39 is 0 Å². The quantitative estimate of drug-likeness (QED) is 0.841. The monoisotopic (exact) mass is 334 g/mol. The maximum absolute atomic E-state index is 12.4. The Labute approximate surface area is 140 Å². The van der Waals surface area contributed by atoms with Gasteiger partial charge in [0, 0.05) is 5.69 Å². The van der Waals surface area contributed by atoms with Gasteiger partial charge in [0.25, 0.3) is 0 Å². The summed E-state index contributed by atoms with van der Waals surface area (Å²) in [5.41, 5.74) is 1.70. The summed E-state index contributed by atoms with van der Waals surface area (Å²) in [6.45, 7) is 5.55. The molecule has 1 aromatic carbocycles. The van der Waals surface area contributed by atoms with Crippen LogP contribution in [-0.2, 0) is 14.4 Å². The van der Waals surface area contributed by atoms with Gasteiger partial charge in [0.2, 0.25) is 17.7 Å². The van der Waals surface area contributed by atoms with Crippen LogP contribution in [0.1, 0.15) is 32.3 Å². The average molecular weight is 334 g/mol. The lowest BCUT2D eigenvalue weighted by molar-refractivity contribution is -0.147. The second kappa shape index (κ2) is 7.64. The van der Waals surface area contributed by atoms with Crippen molar-refractivity contribution in [3.8, 4) is 0 Å². The van der Waals surface area contributed by atoms with Crippen molar-refractivity contribution in [1.29, 1.82) is 0 Å². The first-order valence-electron chi connectivity index (χ1n) is 7.83. The molecule has 0 bridgehead atoms. The largest absolute Gasteiger partial charge is 0.325 e. The summed E-state index contributed by atoms with van der Waals surface area (Å²) in [6.07, 6.45) is 1.31. The highest BCUT2D eigenvalue weighted by Crippen LogP contribution is 2.31. The highest BCUT2D eigenvalue weighted by atomic mass is 32.2. The zero-order valence-electron chi connectivity index (χ0n) is 13.7. The molecule has 23 heavy (non-hydrogen) atoms. The van der Waals surface area contributed by atoms with Gasteiger partial charge >= 0.3 is 0 Å². The standard InChI is InChI=1S/C17H22N2O3S/c1-4-13-16(21)19(17(22)14(5-2)23-13)10-15(20)18-12-8-6-7-11(3)9-12/h6-9,13-14H,4-5,10H2,1-3H3,(H,18,20). The summed E-state index contributed by atoms with van der Waals surface area (Å²) < 4.78 is 0. The summed E-state index contributed by atoms with van der Waals surface area (Å²) in [5, 5.41) is 2.25. The van der Waals surface area contributed by atoms with E-state index in [9.17, 15) is 14.4 Å². The number of aryl methyl sites for hydroxylation is 1. The summed E-state index contributed by atoms with van der Waals surface area (Å²) >= 11 is 1.41. The van der Waals surface area contributed by atoms with E-state index in [1.165, 1.54) is 11.8 Å². The molecule has 0 saturated carbocycles. The number of amides is 3. The van der Waals surface area contributed by atoms with Crippen LogP contribution in [0.25, 0.3) is 0 Å². The number of nitrogens with zero attached hydrogens (tertiary/aromatic N) is 1. The molecule has 1 N–H and O–H groups in total. The number of carbonyl (C=O) groups excluding carboxylic acids is 3. The fraction of sp³-hybridized carbons (Fsp3) is 0.471. The lowest BCUT2D eigenvalue weighted by atomic mass is 10.2. The number of nitrogens with one attached hydrogen (secondary N) is 1. The first kappa shape index (κ1) is 17.5. The zero-order valence-corrected chi connectivity index (χ0v) is 14.5. The van der Waals surface area contributed by atoms with Crippen LogP contribution < -0.4 is 5.32 Å². The van der Waals surface area contributed by atoms with Gasteiger partial charge in [-0.15, -0.1) is 11.8 Å². The van der Waals surface area contributed by atoms with Gasteiger partial charge in [-0.25, -0.2) is 0 Å². The van der Waals surface area contributed by atoms with Crippen molar-refractivity contribution in [3.05, 3.63) is 29.8 Å². The number of thioether (sulfide) groups is 1. The van der Waals surface area contributed by atoms with Gasteiger partial charge in [0.1, 0.15) is 6.54 Å². The van der Waals surface area contributed by atoms with E-state index in [1.54, 1.807) is 6.07 Å². The van der Waals surface area contributed by atoms with Crippen molar-refractivity contribution < 1.29 is 14.4 Å². The number of hydrogen-bond acceptors (Lipinski definition) is 4. The molecule has 1 aromatic rings. The molecular formula is C17H22N2O3S. The van der Waals surface area contributed by atoms with Gasteiger partial charge in [-0.05, 0) is 37.5 Å². The molecule has 1 saturated heterocycles. The Hall–Kier alpha value is -1.82. The molecule has 1 aliphatic heterocycles. The van der Waals surface area contributed by atoms with E-state index >= 15 is 0 Å². The second-order valence-electron chi connectivity index (χ2n) is 5.61. The van der Waals surface area contributed by atoms with Crippen molar-refractivity contribution in [2.24, 2.45) is 0 Å². The van der Waals surface area contributed by atoms with Crippen molar-refractivity contribution in [2.75, 3.05) is 11.9 Å². The minimum Gasteiger partial charge on any atom is -0.325 e. The number of imide groups is 1. The number of carbonyl (C=O) groups is 3. The van der Waals surface area contributed by atoms with E-state index in [0.717, 1.165) is 10.5 Å². The molecular weight excluding hydrogens is 312 g/mol. The molecule has 0 aliphatic carbocycles. The lowest BCUT2D eigenvalue weighted by Gasteiger charge is -2.34. The van der Waals surface area contributed by atoms with Crippen LogP contribution in [0.5, 0.6) is 0 Å². The van der Waals surface area contributed by atoms with Gasteiger partial charge in [0.05, 0.1) is 10.5 Å². The summed E-state index contributed by atoms with van der Waals surface area (Å²) in [6, 6.07) is 7.41. The third-order valence-corrected chi connectivity index (χ3v) is 5.48. The lowest BCUT2D eigenvalue weighted by Crippen LogP contribution is -2.53. The first-order chi connectivity index (χ1) is 11.0. The first-order valence-corrected chi connectivity index (χ1v) is 8.77. The van der Waals surface area contributed by atoms with Gasteiger partial charge in [-0.3, -0.25) is 19.3 Å². The molecule has 0 aromatic heterocycles. The topological polar surface area (TPSA) is 66.5 Å². The van der Waals surface area contributed by atoms with Crippen LogP contribution in [0.4, 0.5) is 5.69 Å². The molecule has 0 spiro atoms. The molecule has 0 radical (unpaired) electrons. The number of benzene rings is 1. The smallest absolute Gasteiger partial charge is 0.244 e. The zero-order chi connectivity index (χ0) is 17.0. The van der Waals surface area contributed by atoms with Crippen LogP contribution in [0.15, 0.2) is 24.3 Å². The van der Waals surface area contributed by atoms with E-state index in [2.05, 4.69) is 5.32 Å². The average Bonchev–Trinajstić information content (AvgIpc) is 2.52. The molecule has 3 amide bonds. The fourth-order valence-corrected chi connectivity index (χ4v) is 3.80. The van der Waals surface area contributed by atoms with Crippen LogP contribution >= 0.6 is 11.8 Å². The van der Waals surface area contributed by atoms with Crippen molar-refractivity contribution >= 4 is 35.2 Å². The predicted octanol–water partition coefficient (Wildman–Crippen LogP) is 2.59. The van der Waals surface area contributed by atoms with E-state index in [4.69, 9.17) is 0 Å². The van der Waals surface area contributed by atoms with Gasteiger partial charge in [-0.2, -0.15) is 0 Å². The predicted molar refractivity (Wildman–Crippen MR) is 92.3 cm³/mol. The van der Waals surface area contributed by atoms with E-state index in [0.29, 0.717) is 18.5 Å². The highest BCUT2D eigenvalue weighted by Gasteiger charge is 2.40. The van der Waals surface area contributed by atoms with Crippen molar-refractivity contribution in [1.82, 2.24) is 4.90 Å². The number of rotatable bonds is 5. The maximum Gasteiger partial charge on any atom is 0.244 e. The Morgan fingerprint density at radius 2 is 1.78 bits per heavy atom. The number of hydrogen-bond donors (Lipinski definition) is 1. The molecule has 2 rings (SSSR count). The SMILES string of the molecule is CCC1SC(CC)C(=O)N(CC(=O)Nc2cccc(C)c2)C1=O. The van der Waals surface area contributed by atoms with Crippen molar-refractivity contribution in [2.45, 2.75) is 44.1 Å². The normalized spacial score (nSPS) is 21.4. The van der Waals surface area contributed by atoms with Gasteiger partial charge in [-0.1, -0.05) is 26.0 Å². The minimum atomic E-state index is -0.353. The Balaban J connectivity index is 2.08. The maximum atomic E-state index is 12.4. The third kappa shape index (κ3) is 4.13. The number of anilines is 1. The summed E-state index contributed by atoms with van der Waals surface area (Å²) in [4.78, 5) is 38.1. The summed E-state index contributed by atoms with van der Waals surface area (Å²) in [7, 11) is 0. The highest BCUT2D eigenvalue weighted by molar-refractivity contribution is 8.02. The Bertz CT molecular complexity index is 596. The van der Waals surface area contributed by atoms with Crippen LogP contribution in [0, 0.1) is 6.92 Å². The molecule has 1 aliphatic rings. The van der Waals surface area contributed by atoms with Crippen LogP contribution in [-0.4, -0.2) is 39.7 Å². The van der Waals surface area contributed by atoms with Gasteiger partial charge in [0.15, 0.2) is 0 Å². The Kier molecular flexibility index (Phi) is 5.82. The summed E-state index contributed by atoms with van der Waals surface area (Å²) in [5.74, 6) is -0.868. The molecule has 6 heteroatoms. The molecule has 2 unspecified atom stereocenters.